The smallest absolute Gasteiger partial charge is 0.255 e. The van der Waals surface area contributed by atoms with Gasteiger partial charge in [0.15, 0.2) is 5.76 Å². The standard InChI is InChI=1S/C23H23N5O2/c1-16-10-11-20(30-16)22-19(15-28(26-22)18-7-3-2-4-8-18)23(29)24-13-17-14-27-12-6-5-9-21(27)25-17/h2-4,7-8,10-11,14-15H,5-6,9,12-13H2,1H3,(H,24,29). The summed E-state index contributed by atoms with van der Waals surface area (Å²) < 4.78 is 9.65. The average molecular weight is 401 g/mol. The van der Waals surface area contributed by atoms with Crippen LogP contribution in [0.4, 0.5) is 0 Å². The molecule has 30 heavy (non-hydrogen) atoms. The highest BCUT2D eigenvalue weighted by Crippen LogP contribution is 2.26. The van der Waals surface area contributed by atoms with Crippen molar-refractivity contribution >= 4 is 5.91 Å². The number of rotatable bonds is 5. The number of nitrogens with one attached hydrogen (secondary N) is 1. The summed E-state index contributed by atoms with van der Waals surface area (Å²) in [5, 5.41) is 7.63. The molecule has 0 bridgehead atoms. The number of para-hydroxylation sites is 1. The molecule has 7 heteroatoms. The predicted molar refractivity (Wildman–Crippen MR) is 112 cm³/mol. The van der Waals surface area contributed by atoms with E-state index < -0.39 is 0 Å². The lowest BCUT2D eigenvalue weighted by Gasteiger charge is -2.11. The van der Waals surface area contributed by atoms with Crippen molar-refractivity contribution in [2.24, 2.45) is 0 Å². The van der Waals surface area contributed by atoms with Crippen LogP contribution in [0.1, 0.15) is 40.5 Å². The van der Waals surface area contributed by atoms with E-state index in [4.69, 9.17) is 4.42 Å². The summed E-state index contributed by atoms with van der Waals surface area (Å²) in [5.74, 6) is 2.25. The normalized spacial score (nSPS) is 13.2. The number of carbonyl (C=O) groups excluding carboxylic acids is 1. The molecule has 0 unspecified atom stereocenters. The average Bonchev–Trinajstić information content (AvgIpc) is 3.50. The quantitative estimate of drug-likeness (QED) is 0.550. The SMILES string of the molecule is Cc1ccc(-c2nn(-c3ccccc3)cc2C(=O)NCc2cn3c(n2)CCCC3)o1. The Kier molecular flexibility index (Phi) is 4.71. The van der Waals surface area contributed by atoms with E-state index in [2.05, 4.69) is 20.0 Å². The molecule has 1 aliphatic heterocycles. The number of hydrogen-bond donors (Lipinski definition) is 1. The molecule has 4 heterocycles. The Hall–Kier alpha value is -3.61. The van der Waals surface area contributed by atoms with Crippen LogP contribution in [0.25, 0.3) is 17.1 Å². The lowest BCUT2D eigenvalue weighted by atomic mass is 10.2. The molecule has 152 valence electrons. The van der Waals surface area contributed by atoms with Crippen molar-refractivity contribution in [3.8, 4) is 17.1 Å². The minimum absolute atomic E-state index is 0.202. The minimum Gasteiger partial charge on any atom is -0.460 e. The Balaban J connectivity index is 1.42. The molecule has 1 aliphatic rings. The van der Waals surface area contributed by atoms with Gasteiger partial charge in [0.05, 0.1) is 23.5 Å². The molecule has 1 N–H and O–H groups in total. The minimum atomic E-state index is -0.202. The second-order valence-corrected chi connectivity index (χ2v) is 7.56. The van der Waals surface area contributed by atoms with Crippen molar-refractivity contribution in [2.45, 2.75) is 39.3 Å². The fourth-order valence-electron chi connectivity index (χ4n) is 3.82. The second-order valence-electron chi connectivity index (χ2n) is 7.56. The number of furan rings is 1. The molecule has 7 nitrogen and oxygen atoms in total. The van der Waals surface area contributed by atoms with Crippen molar-refractivity contribution < 1.29 is 9.21 Å². The lowest BCUT2D eigenvalue weighted by Crippen LogP contribution is -2.23. The number of fused-ring (bicyclic) bond motifs is 1. The number of amides is 1. The van der Waals surface area contributed by atoms with Gasteiger partial charge in [0.2, 0.25) is 0 Å². The van der Waals surface area contributed by atoms with Crippen molar-refractivity contribution in [1.29, 1.82) is 0 Å². The molecular weight excluding hydrogens is 378 g/mol. The number of hydrogen-bond acceptors (Lipinski definition) is 4. The third-order valence-electron chi connectivity index (χ3n) is 5.34. The number of aromatic nitrogens is 4. The highest BCUT2D eigenvalue weighted by molar-refractivity contribution is 5.99. The molecule has 1 amide bonds. The van der Waals surface area contributed by atoms with Gasteiger partial charge in [0.25, 0.3) is 5.91 Å². The summed E-state index contributed by atoms with van der Waals surface area (Å²) in [6.45, 7) is 3.26. The summed E-state index contributed by atoms with van der Waals surface area (Å²) in [6.07, 6.45) is 7.14. The molecule has 4 aromatic rings. The van der Waals surface area contributed by atoms with Crippen LogP contribution in [-0.4, -0.2) is 25.2 Å². The molecule has 0 saturated carbocycles. The van der Waals surface area contributed by atoms with Gasteiger partial charge in [-0.05, 0) is 44.0 Å². The molecule has 0 fully saturated rings. The maximum absolute atomic E-state index is 13.1. The summed E-state index contributed by atoms with van der Waals surface area (Å²) in [4.78, 5) is 17.7. The van der Waals surface area contributed by atoms with Crippen LogP contribution in [0.15, 0.2) is 59.3 Å². The molecule has 0 aliphatic carbocycles. The summed E-state index contributed by atoms with van der Waals surface area (Å²) in [7, 11) is 0. The summed E-state index contributed by atoms with van der Waals surface area (Å²) in [6, 6.07) is 13.4. The van der Waals surface area contributed by atoms with Gasteiger partial charge in [-0.15, -0.1) is 0 Å². The number of carbonyl (C=O) groups is 1. The molecule has 3 aromatic heterocycles. The van der Waals surface area contributed by atoms with Gasteiger partial charge in [-0.2, -0.15) is 5.10 Å². The topological polar surface area (TPSA) is 77.9 Å². The van der Waals surface area contributed by atoms with Crippen LogP contribution in [0.3, 0.4) is 0 Å². The summed E-state index contributed by atoms with van der Waals surface area (Å²) >= 11 is 0. The van der Waals surface area contributed by atoms with Crippen LogP contribution in [-0.2, 0) is 19.5 Å². The van der Waals surface area contributed by atoms with Crippen molar-refractivity contribution in [2.75, 3.05) is 0 Å². The van der Waals surface area contributed by atoms with Gasteiger partial charge in [-0.3, -0.25) is 4.79 Å². The fraction of sp³-hybridized carbons (Fsp3) is 0.261. The molecule has 0 spiro atoms. The Morgan fingerprint density at radius 1 is 1.13 bits per heavy atom. The second kappa shape index (κ2) is 7.67. The first kappa shape index (κ1) is 18.4. The van der Waals surface area contributed by atoms with E-state index in [0.29, 0.717) is 23.6 Å². The fourth-order valence-corrected chi connectivity index (χ4v) is 3.82. The summed E-state index contributed by atoms with van der Waals surface area (Å²) in [5.41, 5.74) is 2.75. The maximum atomic E-state index is 13.1. The van der Waals surface area contributed by atoms with E-state index in [0.717, 1.165) is 35.9 Å². The Labute approximate surface area is 174 Å². The van der Waals surface area contributed by atoms with Crippen LogP contribution in [0, 0.1) is 6.92 Å². The van der Waals surface area contributed by atoms with Crippen molar-refractivity contribution in [1.82, 2.24) is 24.6 Å². The Morgan fingerprint density at radius 3 is 2.77 bits per heavy atom. The van der Waals surface area contributed by atoms with E-state index in [1.54, 1.807) is 10.9 Å². The number of aryl methyl sites for hydroxylation is 3. The number of imidazole rings is 1. The van der Waals surface area contributed by atoms with Gasteiger partial charge in [0.1, 0.15) is 17.3 Å². The number of benzene rings is 1. The molecule has 1 aromatic carbocycles. The van der Waals surface area contributed by atoms with Gasteiger partial charge in [-0.25, -0.2) is 9.67 Å². The third kappa shape index (κ3) is 3.54. The third-order valence-corrected chi connectivity index (χ3v) is 5.34. The molecular formula is C23H23N5O2. The van der Waals surface area contributed by atoms with Gasteiger partial charge < -0.3 is 14.3 Å². The highest BCUT2D eigenvalue weighted by atomic mass is 16.3. The van der Waals surface area contributed by atoms with Crippen molar-refractivity contribution in [3.63, 3.8) is 0 Å². The van der Waals surface area contributed by atoms with E-state index in [9.17, 15) is 4.79 Å². The Bertz CT molecular complexity index is 1160. The largest absolute Gasteiger partial charge is 0.460 e. The zero-order chi connectivity index (χ0) is 20.5. The van der Waals surface area contributed by atoms with E-state index in [1.807, 2.05) is 55.6 Å². The highest BCUT2D eigenvalue weighted by Gasteiger charge is 2.21. The van der Waals surface area contributed by atoms with Crippen LogP contribution >= 0.6 is 0 Å². The first-order valence-electron chi connectivity index (χ1n) is 10.2. The van der Waals surface area contributed by atoms with E-state index >= 15 is 0 Å². The number of nitrogens with zero attached hydrogens (tertiary/aromatic N) is 4. The molecule has 0 atom stereocenters. The molecule has 0 saturated heterocycles. The van der Waals surface area contributed by atoms with E-state index in [-0.39, 0.29) is 5.91 Å². The van der Waals surface area contributed by atoms with Crippen LogP contribution < -0.4 is 5.32 Å². The van der Waals surface area contributed by atoms with Gasteiger partial charge >= 0.3 is 0 Å². The van der Waals surface area contributed by atoms with Crippen molar-refractivity contribution in [3.05, 3.63) is 77.7 Å². The maximum Gasteiger partial charge on any atom is 0.255 e. The molecule has 0 radical (unpaired) electrons. The molecule has 5 rings (SSSR count). The van der Waals surface area contributed by atoms with Gasteiger partial charge in [0, 0.05) is 25.4 Å². The predicted octanol–water partition coefficient (Wildman–Crippen LogP) is 3.90. The van der Waals surface area contributed by atoms with Crippen LogP contribution in [0.5, 0.6) is 0 Å². The monoisotopic (exact) mass is 401 g/mol. The van der Waals surface area contributed by atoms with E-state index in [1.165, 1.54) is 12.8 Å². The zero-order valence-corrected chi connectivity index (χ0v) is 16.8. The first-order valence-corrected chi connectivity index (χ1v) is 10.2. The van der Waals surface area contributed by atoms with Crippen LogP contribution in [0.2, 0.25) is 0 Å². The zero-order valence-electron chi connectivity index (χ0n) is 16.8. The lowest BCUT2D eigenvalue weighted by molar-refractivity contribution is 0.0951. The Morgan fingerprint density at radius 2 is 2.00 bits per heavy atom. The first-order chi connectivity index (χ1) is 14.7. The van der Waals surface area contributed by atoms with Gasteiger partial charge in [-0.1, -0.05) is 18.2 Å².